The van der Waals surface area contributed by atoms with Crippen molar-refractivity contribution in [1.82, 2.24) is 14.8 Å². The molecule has 0 fully saturated rings. The quantitative estimate of drug-likeness (QED) is 0.139. The Labute approximate surface area is 277 Å². The normalized spacial score (nSPS) is 14.0. The first-order chi connectivity index (χ1) is 22.4. The van der Waals surface area contributed by atoms with Crippen molar-refractivity contribution >= 4 is 40.9 Å². The maximum atomic E-state index is 14.1. The molecule has 0 radical (unpaired) electrons. The van der Waals surface area contributed by atoms with Gasteiger partial charge in [0.15, 0.2) is 0 Å². The number of nitrogens with one attached hydrogen (secondary N) is 2. The highest BCUT2D eigenvalue weighted by Gasteiger charge is 2.34. The lowest BCUT2D eigenvalue weighted by molar-refractivity contribution is -0.113. The summed E-state index contributed by atoms with van der Waals surface area (Å²) in [5.41, 5.74) is 5.93. The summed E-state index contributed by atoms with van der Waals surface area (Å²) >= 11 is 7.88. The van der Waals surface area contributed by atoms with Crippen LogP contribution in [0.2, 0.25) is 5.02 Å². The second-order valence-corrected chi connectivity index (χ2v) is 12.2. The van der Waals surface area contributed by atoms with E-state index in [1.165, 1.54) is 17.3 Å². The third-order valence-corrected chi connectivity index (χ3v) is 8.77. The Morgan fingerprint density at radius 3 is 2.54 bits per heavy atom. The van der Waals surface area contributed by atoms with E-state index in [2.05, 4.69) is 29.7 Å². The minimum Gasteiger partial charge on any atom is -0.492 e. The van der Waals surface area contributed by atoms with Gasteiger partial charge in [0.05, 0.1) is 17.9 Å². The van der Waals surface area contributed by atoms with E-state index in [4.69, 9.17) is 31.2 Å². The summed E-state index contributed by atoms with van der Waals surface area (Å²) < 4.78 is 13.6. The van der Waals surface area contributed by atoms with Gasteiger partial charge in [-0.2, -0.15) is 4.98 Å². The highest BCUT2D eigenvalue weighted by Crippen LogP contribution is 2.38. The molecule has 2 N–H and O–H groups in total. The number of carbonyl (C=O) groups excluding carboxylic acids is 1. The van der Waals surface area contributed by atoms with Crippen LogP contribution in [0.3, 0.4) is 0 Å². The summed E-state index contributed by atoms with van der Waals surface area (Å²) in [5.74, 6) is 2.22. The van der Waals surface area contributed by atoms with Crippen LogP contribution in [0.4, 0.5) is 11.6 Å². The standard InChI is InChI=1S/C36H34ClN5O3S/c1-4-44-31-15-8-7-14-30(31)39-34(43)32-24(3)38-35-40-36(46-22-27-12-5-6-13-29(27)37)41-42(35)33(32)26-16-18-28(19-17-26)45-21-25-11-9-10-23(2)20-25/h5-20,33H,4,21-22H2,1-3H3,(H,39,43)(H,38,40,41). The Kier molecular flexibility index (Phi) is 9.61. The topological polar surface area (TPSA) is 90.3 Å². The van der Waals surface area contributed by atoms with E-state index in [-0.39, 0.29) is 5.91 Å². The van der Waals surface area contributed by atoms with Gasteiger partial charge < -0.3 is 20.1 Å². The van der Waals surface area contributed by atoms with Crippen LogP contribution in [0.25, 0.3) is 0 Å². The van der Waals surface area contributed by atoms with Crippen molar-refractivity contribution in [2.24, 2.45) is 0 Å². The van der Waals surface area contributed by atoms with E-state index in [1.807, 2.05) is 98.8 Å². The first-order valence-electron chi connectivity index (χ1n) is 15.0. The maximum Gasteiger partial charge on any atom is 0.255 e. The van der Waals surface area contributed by atoms with Gasteiger partial charge in [-0.1, -0.05) is 95.7 Å². The van der Waals surface area contributed by atoms with Crippen molar-refractivity contribution in [1.29, 1.82) is 0 Å². The second-order valence-electron chi connectivity index (χ2n) is 10.8. The summed E-state index contributed by atoms with van der Waals surface area (Å²) in [6, 6.07) is 30.6. The molecule has 0 saturated heterocycles. The Morgan fingerprint density at radius 2 is 1.76 bits per heavy atom. The molecule has 234 valence electrons. The Morgan fingerprint density at radius 1 is 0.978 bits per heavy atom. The van der Waals surface area contributed by atoms with E-state index >= 15 is 0 Å². The second kappa shape index (κ2) is 14.1. The molecule has 46 heavy (non-hydrogen) atoms. The van der Waals surface area contributed by atoms with Gasteiger partial charge in [0.1, 0.15) is 24.1 Å². The largest absolute Gasteiger partial charge is 0.492 e. The van der Waals surface area contributed by atoms with E-state index in [0.29, 0.717) is 57.8 Å². The average Bonchev–Trinajstić information content (AvgIpc) is 3.46. The molecule has 1 aliphatic heterocycles. The molecule has 6 rings (SSSR count). The fourth-order valence-corrected chi connectivity index (χ4v) is 6.42. The molecule has 0 spiro atoms. The molecule has 0 aliphatic carbocycles. The van der Waals surface area contributed by atoms with E-state index in [0.717, 1.165) is 22.4 Å². The molecular weight excluding hydrogens is 618 g/mol. The molecule has 2 heterocycles. The lowest BCUT2D eigenvalue weighted by Gasteiger charge is -2.29. The number of halogens is 1. The molecule has 1 aromatic heterocycles. The number of benzene rings is 4. The zero-order valence-corrected chi connectivity index (χ0v) is 27.4. The molecule has 1 amide bonds. The van der Waals surface area contributed by atoms with Gasteiger partial charge in [0, 0.05) is 16.5 Å². The van der Waals surface area contributed by atoms with Crippen molar-refractivity contribution in [2.45, 2.75) is 44.3 Å². The van der Waals surface area contributed by atoms with Crippen LogP contribution in [0.15, 0.2) is 113 Å². The molecule has 8 nitrogen and oxygen atoms in total. The Bertz CT molecular complexity index is 1890. The number of hydrogen-bond acceptors (Lipinski definition) is 7. The van der Waals surface area contributed by atoms with Crippen molar-refractivity contribution in [3.8, 4) is 11.5 Å². The molecule has 0 saturated carbocycles. The number of ether oxygens (including phenoxy) is 2. The molecule has 1 aliphatic rings. The fraction of sp³-hybridized carbons (Fsp3) is 0.194. The first kappa shape index (κ1) is 31.3. The zero-order valence-electron chi connectivity index (χ0n) is 25.8. The highest BCUT2D eigenvalue weighted by molar-refractivity contribution is 7.98. The van der Waals surface area contributed by atoms with Crippen molar-refractivity contribution in [2.75, 3.05) is 17.2 Å². The number of hydrogen-bond donors (Lipinski definition) is 2. The van der Waals surface area contributed by atoms with Gasteiger partial charge >= 0.3 is 0 Å². The minimum atomic E-state index is -0.552. The Hall–Kier alpha value is -4.73. The zero-order chi connectivity index (χ0) is 32.0. The molecule has 1 unspecified atom stereocenters. The molecular formula is C36H34ClN5O3S. The molecule has 5 aromatic rings. The number of nitrogens with zero attached hydrogens (tertiary/aromatic N) is 3. The monoisotopic (exact) mass is 651 g/mol. The van der Waals surface area contributed by atoms with Crippen LogP contribution in [-0.4, -0.2) is 27.3 Å². The SMILES string of the molecule is CCOc1ccccc1NC(=O)C1=C(C)Nc2nc(SCc3ccccc3Cl)nn2C1c1ccc(OCc2cccc(C)c2)cc1. The van der Waals surface area contributed by atoms with Gasteiger partial charge in [-0.15, -0.1) is 5.10 Å². The lowest BCUT2D eigenvalue weighted by Crippen LogP contribution is -2.31. The van der Waals surface area contributed by atoms with Gasteiger partial charge in [0.2, 0.25) is 11.1 Å². The van der Waals surface area contributed by atoms with Gasteiger partial charge in [-0.25, -0.2) is 4.68 Å². The van der Waals surface area contributed by atoms with E-state index in [9.17, 15) is 4.79 Å². The van der Waals surface area contributed by atoms with Gasteiger partial charge in [-0.3, -0.25) is 4.79 Å². The number of aromatic nitrogens is 3. The number of aryl methyl sites for hydroxylation is 1. The predicted octanol–water partition coefficient (Wildman–Crippen LogP) is 8.44. The average molecular weight is 652 g/mol. The molecule has 0 bridgehead atoms. The maximum absolute atomic E-state index is 14.1. The summed E-state index contributed by atoms with van der Waals surface area (Å²) in [5, 5.41) is 12.5. The minimum absolute atomic E-state index is 0.270. The summed E-state index contributed by atoms with van der Waals surface area (Å²) in [4.78, 5) is 18.8. The van der Waals surface area contributed by atoms with Crippen LogP contribution in [0, 0.1) is 6.92 Å². The lowest BCUT2D eigenvalue weighted by atomic mass is 9.95. The van der Waals surface area contributed by atoms with Crippen LogP contribution >= 0.6 is 23.4 Å². The number of carbonyl (C=O) groups is 1. The number of thioether (sulfide) groups is 1. The fourth-order valence-electron chi connectivity index (χ4n) is 5.31. The van der Waals surface area contributed by atoms with Gasteiger partial charge in [0.25, 0.3) is 5.91 Å². The van der Waals surface area contributed by atoms with E-state index in [1.54, 1.807) is 4.68 Å². The van der Waals surface area contributed by atoms with Gasteiger partial charge in [-0.05, 0) is 67.8 Å². The first-order valence-corrected chi connectivity index (χ1v) is 16.4. The van der Waals surface area contributed by atoms with E-state index < -0.39 is 6.04 Å². The van der Waals surface area contributed by atoms with Crippen LogP contribution in [-0.2, 0) is 17.2 Å². The number of anilines is 2. The van der Waals surface area contributed by atoms with Crippen LogP contribution in [0.5, 0.6) is 11.5 Å². The number of fused-ring (bicyclic) bond motifs is 1. The summed E-state index contributed by atoms with van der Waals surface area (Å²) in [6.07, 6.45) is 0. The smallest absolute Gasteiger partial charge is 0.255 e. The molecule has 4 aromatic carbocycles. The molecule has 1 atom stereocenters. The van der Waals surface area contributed by atoms with Crippen LogP contribution in [0.1, 0.15) is 42.1 Å². The van der Waals surface area contributed by atoms with Crippen molar-refractivity contribution < 1.29 is 14.3 Å². The third kappa shape index (κ3) is 7.06. The highest BCUT2D eigenvalue weighted by atomic mass is 35.5. The summed E-state index contributed by atoms with van der Waals surface area (Å²) in [6.45, 7) is 6.79. The number of rotatable bonds is 11. The Balaban J connectivity index is 1.31. The van der Waals surface area contributed by atoms with Crippen molar-refractivity contribution in [3.05, 3.63) is 136 Å². The number of amides is 1. The number of para-hydroxylation sites is 2. The van der Waals surface area contributed by atoms with Crippen LogP contribution < -0.4 is 20.1 Å². The van der Waals surface area contributed by atoms with Crippen molar-refractivity contribution in [3.63, 3.8) is 0 Å². The summed E-state index contributed by atoms with van der Waals surface area (Å²) in [7, 11) is 0. The number of allylic oxidation sites excluding steroid dienone is 1. The molecule has 10 heteroatoms. The predicted molar refractivity (Wildman–Crippen MR) is 184 cm³/mol. The third-order valence-electron chi connectivity index (χ3n) is 7.51.